The first-order valence-electron chi connectivity index (χ1n) is 8.83. The van der Waals surface area contributed by atoms with Gasteiger partial charge in [-0.1, -0.05) is 0 Å². The highest BCUT2D eigenvalue weighted by atomic mass is 32.1. The van der Waals surface area contributed by atoms with Crippen LogP contribution in [-0.2, 0) is 9.53 Å². The fourth-order valence-electron chi connectivity index (χ4n) is 3.36. The lowest BCUT2D eigenvalue weighted by atomic mass is 9.84. The summed E-state index contributed by atoms with van der Waals surface area (Å²) in [6.45, 7) is 0. The van der Waals surface area contributed by atoms with Gasteiger partial charge in [0.25, 0.3) is 5.56 Å². The average molecular weight is 417 g/mol. The quantitative estimate of drug-likeness (QED) is 0.608. The Labute approximate surface area is 174 Å². The van der Waals surface area contributed by atoms with Crippen molar-refractivity contribution in [3.8, 4) is 6.07 Å². The highest BCUT2D eigenvalue weighted by Crippen LogP contribution is 2.36. The fraction of sp³-hybridized carbons (Fsp3) is 0.0952. The van der Waals surface area contributed by atoms with Crippen molar-refractivity contribution in [3.63, 3.8) is 0 Å². The summed E-state index contributed by atoms with van der Waals surface area (Å²) in [6.07, 6.45) is 8.06. The van der Waals surface area contributed by atoms with E-state index in [-0.39, 0.29) is 17.0 Å². The number of hydrogen-bond donors (Lipinski definition) is 1. The van der Waals surface area contributed by atoms with Crippen LogP contribution in [0.25, 0.3) is 17.5 Å². The molecule has 0 saturated heterocycles. The summed E-state index contributed by atoms with van der Waals surface area (Å²) in [6, 6.07) is 9.09. The van der Waals surface area contributed by atoms with Gasteiger partial charge < -0.3 is 10.5 Å². The van der Waals surface area contributed by atoms with Crippen LogP contribution in [0.15, 0.2) is 59.4 Å². The fourth-order valence-corrected chi connectivity index (χ4v) is 4.49. The van der Waals surface area contributed by atoms with Crippen molar-refractivity contribution in [2.75, 3.05) is 7.11 Å². The van der Waals surface area contributed by atoms with E-state index < -0.39 is 17.4 Å². The van der Waals surface area contributed by atoms with Crippen molar-refractivity contribution in [1.29, 1.82) is 5.26 Å². The number of hydrogen-bond acceptors (Lipinski definition) is 8. The minimum Gasteiger partial charge on any atom is -0.466 e. The molecule has 0 spiro atoms. The lowest BCUT2D eigenvalue weighted by Crippen LogP contribution is -2.40. The second-order valence-corrected chi connectivity index (χ2v) is 7.40. The number of pyridine rings is 2. The molecule has 3 aromatic heterocycles. The minimum absolute atomic E-state index is 0.0445. The molecule has 0 saturated carbocycles. The summed E-state index contributed by atoms with van der Waals surface area (Å²) in [4.78, 5) is 33.7. The molecule has 0 bridgehead atoms. The number of fused-ring (bicyclic) bond motifs is 1. The summed E-state index contributed by atoms with van der Waals surface area (Å²) in [7, 11) is 1.23. The Bertz CT molecular complexity index is 1380. The van der Waals surface area contributed by atoms with E-state index >= 15 is 0 Å². The van der Waals surface area contributed by atoms with Crippen LogP contribution in [0.5, 0.6) is 0 Å². The molecule has 0 radical (unpaired) electrons. The Balaban J connectivity index is 2.10. The van der Waals surface area contributed by atoms with Crippen molar-refractivity contribution in [2.45, 2.75) is 5.92 Å². The van der Waals surface area contributed by atoms with Crippen LogP contribution in [0, 0.1) is 11.3 Å². The Morgan fingerprint density at radius 3 is 2.47 bits per heavy atom. The SMILES string of the molecule is COC(=O)C1=C(N)n2c(sc(=Cc3ccncc3)c2=O)=C(C#N)C1c1ccncc1. The molecule has 3 aromatic rings. The van der Waals surface area contributed by atoms with Crippen LogP contribution in [0.2, 0.25) is 0 Å². The van der Waals surface area contributed by atoms with Gasteiger partial charge in [-0.3, -0.25) is 19.3 Å². The second kappa shape index (κ2) is 7.77. The molecule has 30 heavy (non-hydrogen) atoms. The molecule has 0 aliphatic carbocycles. The number of nitrogens with zero attached hydrogens (tertiary/aromatic N) is 4. The van der Waals surface area contributed by atoms with Gasteiger partial charge in [-0.25, -0.2) is 4.79 Å². The van der Waals surface area contributed by atoms with E-state index in [4.69, 9.17) is 10.5 Å². The molecule has 4 rings (SSSR count). The van der Waals surface area contributed by atoms with E-state index in [0.717, 1.165) is 16.9 Å². The van der Waals surface area contributed by atoms with Crippen molar-refractivity contribution >= 4 is 34.8 Å². The zero-order chi connectivity index (χ0) is 21.3. The number of rotatable bonds is 3. The number of carbonyl (C=O) groups excluding carboxylic acids is 1. The molecular weight excluding hydrogens is 402 g/mol. The molecule has 0 amide bonds. The van der Waals surface area contributed by atoms with Crippen LogP contribution in [0.4, 0.5) is 0 Å². The monoisotopic (exact) mass is 417 g/mol. The highest BCUT2D eigenvalue weighted by Gasteiger charge is 2.36. The molecule has 8 nitrogen and oxygen atoms in total. The van der Waals surface area contributed by atoms with E-state index in [2.05, 4.69) is 16.0 Å². The molecule has 0 fully saturated rings. The maximum Gasteiger partial charge on any atom is 0.338 e. The largest absolute Gasteiger partial charge is 0.466 e. The summed E-state index contributed by atoms with van der Waals surface area (Å²) >= 11 is 1.15. The zero-order valence-corrected chi connectivity index (χ0v) is 16.6. The number of nitriles is 1. The van der Waals surface area contributed by atoms with Gasteiger partial charge in [-0.15, -0.1) is 11.3 Å². The van der Waals surface area contributed by atoms with Gasteiger partial charge >= 0.3 is 5.97 Å². The third-order valence-electron chi connectivity index (χ3n) is 4.72. The first-order chi connectivity index (χ1) is 14.6. The van der Waals surface area contributed by atoms with Gasteiger partial charge in [-0.05, 0) is 41.5 Å². The predicted molar refractivity (Wildman–Crippen MR) is 111 cm³/mol. The molecule has 148 valence electrons. The van der Waals surface area contributed by atoms with Crippen LogP contribution in [0.3, 0.4) is 0 Å². The molecule has 1 aliphatic heterocycles. The number of esters is 1. The smallest absolute Gasteiger partial charge is 0.338 e. The lowest BCUT2D eigenvalue weighted by molar-refractivity contribution is -0.136. The molecule has 9 heteroatoms. The number of carbonyl (C=O) groups is 1. The molecule has 1 atom stereocenters. The highest BCUT2D eigenvalue weighted by molar-refractivity contribution is 7.07. The van der Waals surface area contributed by atoms with Crippen molar-refractivity contribution < 1.29 is 9.53 Å². The Kier molecular flexibility index (Phi) is 5.00. The molecule has 2 N–H and O–H groups in total. The van der Waals surface area contributed by atoms with Gasteiger partial charge in [0.2, 0.25) is 0 Å². The van der Waals surface area contributed by atoms with E-state index in [9.17, 15) is 14.9 Å². The first-order valence-corrected chi connectivity index (χ1v) is 9.64. The normalized spacial score (nSPS) is 16.2. The molecular formula is C21H15N5O3S. The third kappa shape index (κ3) is 3.09. The molecule has 0 aromatic carbocycles. The predicted octanol–water partition coefficient (Wildman–Crippen LogP) is 0.301. The summed E-state index contributed by atoms with van der Waals surface area (Å²) in [5.74, 6) is -1.52. The van der Waals surface area contributed by atoms with E-state index in [1.807, 2.05) is 0 Å². The van der Waals surface area contributed by atoms with Crippen molar-refractivity contribution in [2.24, 2.45) is 5.73 Å². The first kappa shape index (κ1) is 19.3. The van der Waals surface area contributed by atoms with E-state index in [0.29, 0.717) is 14.8 Å². The Morgan fingerprint density at radius 1 is 1.23 bits per heavy atom. The zero-order valence-electron chi connectivity index (χ0n) is 15.8. The number of nitrogens with two attached hydrogens (primary N) is 1. The van der Waals surface area contributed by atoms with Gasteiger partial charge in [0.05, 0.1) is 34.8 Å². The van der Waals surface area contributed by atoms with Crippen LogP contribution >= 0.6 is 11.3 Å². The number of thiazole rings is 1. The molecule has 4 heterocycles. The van der Waals surface area contributed by atoms with Gasteiger partial charge in [0.1, 0.15) is 10.5 Å². The molecule has 1 unspecified atom stereocenters. The lowest BCUT2D eigenvalue weighted by Gasteiger charge is -2.24. The van der Waals surface area contributed by atoms with Gasteiger partial charge in [0, 0.05) is 24.8 Å². The standard InChI is InChI=1S/C21H15N5O3S/c1-29-21(28)17-16(13-4-8-25-9-5-13)14(11-22)20-26(18(17)23)19(27)15(30-20)10-12-2-6-24-7-3-12/h2-10,16H,23H2,1H3. The van der Waals surface area contributed by atoms with Gasteiger partial charge in [-0.2, -0.15) is 5.26 Å². The summed E-state index contributed by atoms with van der Waals surface area (Å²) in [5.41, 5.74) is 7.61. The van der Waals surface area contributed by atoms with Crippen LogP contribution < -0.4 is 20.5 Å². The maximum absolute atomic E-state index is 13.1. The Hall–Kier alpha value is -4.03. The summed E-state index contributed by atoms with van der Waals surface area (Å²) in [5, 5.41) is 9.97. The van der Waals surface area contributed by atoms with Crippen molar-refractivity contribution in [3.05, 3.63) is 85.3 Å². The maximum atomic E-state index is 13.1. The summed E-state index contributed by atoms with van der Waals surface area (Å²) < 4.78 is 6.89. The third-order valence-corrected chi connectivity index (χ3v) is 5.83. The average Bonchev–Trinajstić information content (AvgIpc) is 3.10. The van der Waals surface area contributed by atoms with Crippen LogP contribution in [0.1, 0.15) is 17.0 Å². The second-order valence-electron chi connectivity index (χ2n) is 6.37. The minimum atomic E-state index is -0.766. The van der Waals surface area contributed by atoms with Crippen molar-refractivity contribution in [1.82, 2.24) is 14.5 Å². The number of ether oxygens (including phenoxy) is 1. The molecule has 1 aliphatic rings. The topological polar surface area (TPSA) is 124 Å². The van der Waals surface area contributed by atoms with E-state index in [1.54, 1.807) is 55.1 Å². The van der Waals surface area contributed by atoms with Gasteiger partial charge in [0.15, 0.2) is 0 Å². The van der Waals surface area contributed by atoms with E-state index in [1.165, 1.54) is 11.7 Å². The number of methoxy groups -OCH3 is 1. The van der Waals surface area contributed by atoms with Crippen LogP contribution in [-0.4, -0.2) is 27.6 Å². The Morgan fingerprint density at radius 2 is 1.87 bits per heavy atom. The number of aromatic nitrogens is 3.